The Kier molecular flexibility index (Phi) is 4.35. The standard InChI is InChI=1S/C16H15ClO2/c1-19-16(17)11-9-13(10-12-16)7-8-15(18)14-5-3-2-4-6-14/h2-13H,1H3/b8-7+. The van der Waals surface area contributed by atoms with Gasteiger partial charge in [-0.25, -0.2) is 0 Å². The third kappa shape index (κ3) is 3.66. The van der Waals surface area contributed by atoms with E-state index in [4.69, 9.17) is 16.3 Å². The van der Waals surface area contributed by atoms with Crippen molar-refractivity contribution in [3.63, 3.8) is 0 Å². The number of ether oxygens (including phenoxy) is 1. The predicted octanol–water partition coefficient (Wildman–Crippen LogP) is 3.75. The lowest BCUT2D eigenvalue weighted by atomic mass is 10.00. The van der Waals surface area contributed by atoms with Gasteiger partial charge in [0.2, 0.25) is 0 Å². The van der Waals surface area contributed by atoms with Gasteiger partial charge >= 0.3 is 0 Å². The topological polar surface area (TPSA) is 26.3 Å². The van der Waals surface area contributed by atoms with E-state index >= 15 is 0 Å². The predicted molar refractivity (Wildman–Crippen MR) is 77.3 cm³/mol. The molecule has 1 aliphatic rings. The smallest absolute Gasteiger partial charge is 0.185 e. The minimum Gasteiger partial charge on any atom is -0.356 e. The van der Waals surface area contributed by atoms with Gasteiger partial charge in [0.1, 0.15) is 0 Å². The summed E-state index contributed by atoms with van der Waals surface area (Å²) in [6.45, 7) is 0. The second-order valence-corrected chi connectivity index (χ2v) is 4.88. The molecule has 2 nitrogen and oxygen atoms in total. The summed E-state index contributed by atoms with van der Waals surface area (Å²) in [5.74, 6) is 0.0616. The Morgan fingerprint density at radius 2 is 1.89 bits per heavy atom. The molecule has 0 aliphatic heterocycles. The lowest BCUT2D eigenvalue weighted by Gasteiger charge is -2.21. The zero-order valence-electron chi connectivity index (χ0n) is 10.6. The van der Waals surface area contributed by atoms with E-state index < -0.39 is 5.06 Å². The molecule has 0 unspecified atom stereocenters. The number of halogens is 1. The van der Waals surface area contributed by atoms with Crippen molar-refractivity contribution in [2.75, 3.05) is 7.11 Å². The van der Waals surface area contributed by atoms with Crippen molar-refractivity contribution in [1.29, 1.82) is 0 Å². The number of hydrogen-bond donors (Lipinski definition) is 0. The molecule has 0 spiro atoms. The van der Waals surface area contributed by atoms with Crippen molar-refractivity contribution in [2.45, 2.75) is 5.06 Å². The van der Waals surface area contributed by atoms with Crippen LogP contribution in [0.25, 0.3) is 0 Å². The molecule has 19 heavy (non-hydrogen) atoms. The number of allylic oxidation sites excluding steroid dienone is 4. The molecule has 98 valence electrons. The number of hydrogen-bond acceptors (Lipinski definition) is 2. The van der Waals surface area contributed by atoms with Crippen LogP contribution in [0.2, 0.25) is 0 Å². The molecule has 2 rings (SSSR count). The van der Waals surface area contributed by atoms with Gasteiger partial charge in [-0.2, -0.15) is 0 Å². The number of methoxy groups -OCH3 is 1. The van der Waals surface area contributed by atoms with Crippen LogP contribution in [0.1, 0.15) is 10.4 Å². The highest BCUT2D eigenvalue weighted by Crippen LogP contribution is 2.26. The van der Waals surface area contributed by atoms with E-state index in [1.165, 1.54) is 0 Å². The van der Waals surface area contributed by atoms with Gasteiger partial charge in [0.15, 0.2) is 10.8 Å². The van der Waals surface area contributed by atoms with Crippen molar-refractivity contribution in [2.24, 2.45) is 5.92 Å². The fourth-order valence-corrected chi connectivity index (χ4v) is 1.91. The van der Waals surface area contributed by atoms with Crippen molar-refractivity contribution in [3.8, 4) is 0 Å². The average Bonchev–Trinajstić information content (AvgIpc) is 2.47. The Morgan fingerprint density at radius 3 is 2.47 bits per heavy atom. The number of alkyl halides is 1. The Hall–Kier alpha value is -1.64. The Bertz CT molecular complexity index is 515. The summed E-state index contributed by atoms with van der Waals surface area (Å²) in [6.07, 6.45) is 10.8. The molecule has 3 heteroatoms. The van der Waals surface area contributed by atoms with Gasteiger partial charge in [-0.05, 0) is 18.2 Å². The Balaban J connectivity index is 2.00. The number of rotatable bonds is 4. The minimum atomic E-state index is -0.853. The third-order valence-corrected chi connectivity index (χ3v) is 3.34. The van der Waals surface area contributed by atoms with E-state index in [1.807, 2.05) is 36.4 Å². The highest BCUT2D eigenvalue weighted by atomic mass is 35.5. The van der Waals surface area contributed by atoms with Crippen LogP contribution in [-0.2, 0) is 4.74 Å². The molecule has 0 atom stereocenters. The zero-order chi connectivity index (χ0) is 13.7. The zero-order valence-corrected chi connectivity index (χ0v) is 11.4. The first-order valence-electron chi connectivity index (χ1n) is 6.03. The third-order valence-electron chi connectivity index (χ3n) is 2.93. The molecule has 0 radical (unpaired) electrons. The summed E-state index contributed by atoms with van der Waals surface area (Å²) in [6, 6.07) is 9.18. The molecule has 0 heterocycles. The SMILES string of the molecule is COC1(Cl)C=CC(/C=C/C(=O)c2ccccc2)C=C1. The minimum absolute atomic E-state index is 0.00292. The van der Waals surface area contributed by atoms with Crippen LogP contribution in [0.3, 0.4) is 0 Å². The van der Waals surface area contributed by atoms with Crippen LogP contribution in [-0.4, -0.2) is 18.0 Å². The summed E-state index contributed by atoms with van der Waals surface area (Å²) in [7, 11) is 1.55. The maximum atomic E-state index is 11.9. The van der Waals surface area contributed by atoms with Gasteiger partial charge in [0, 0.05) is 18.6 Å². The van der Waals surface area contributed by atoms with Crippen LogP contribution >= 0.6 is 11.6 Å². The van der Waals surface area contributed by atoms with Gasteiger partial charge in [0.25, 0.3) is 0 Å². The first-order valence-corrected chi connectivity index (χ1v) is 6.41. The van der Waals surface area contributed by atoms with Crippen molar-refractivity contribution in [1.82, 2.24) is 0 Å². The summed E-state index contributed by atoms with van der Waals surface area (Å²) < 4.78 is 5.12. The summed E-state index contributed by atoms with van der Waals surface area (Å²) >= 11 is 6.10. The maximum Gasteiger partial charge on any atom is 0.185 e. The molecule has 0 bridgehead atoms. The molecule has 1 aromatic rings. The van der Waals surface area contributed by atoms with Gasteiger partial charge in [-0.3, -0.25) is 4.79 Å². The number of ketones is 1. The highest BCUT2D eigenvalue weighted by molar-refractivity contribution is 6.25. The molecule has 0 aromatic heterocycles. The number of carbonyl (C=O) groups excluding carboxylic acids is 1. The van der Waals surface area contributed by atoms with Crippen molar-refractivity contribution >= 4 is 17.4 Å². The van der Waals surface area contributed by atoms with E-state index in [2.05, 4.69) is 0 Å². The molecule has 0 fully saturated rings. The summed E-state index contributed by atoms with van der Waals surface area (Å²) in [5, 5.41) is -0.853. The lowest BCUT2D eigenvalue weighted by Crippen LogP contribution is -2.20. The van der Waals surface area contributed by atoms with E-state index in [1.54, 1.807) is 37.5 Å². The normalized spacial score (nSPS) is 25.9. The monoisotopic (exact) mass is 274 g/mol. The van der Waals surface area contributed by atoms with Crippen molar-refractivity contribution < 1.29 is 9.53 Å². The Labute approximate surface area is 118 Å². The number of benzene rings is 1. The largest absolute Gasteiger partial charge is 0.356 e. The first kappa shape index (κ1) is 13.8. The fourth-order valence-electron chi connectivity index (χ4n) is 1.77. The van der Waals surface area contributed by atoms with Crippen LogP contribution < -0.4 is 0 Å². The van der Waals surface area contributed by atoms with E-state index in [0.29, 0.717) is 5.56 Å². The summed E-state index contributed by atoms with van der Waals surface area (Å²) in [4.78, 5) is 11.9. The molecule has 0 N–H and O–H groups in total. The van der Waals surface area contributed by atoms with Crippen LogP contribution in [0.4, 0.5) is 0 Å². The fraction of sp³-hybridized carbons (Fsp3) is 0.188. The first-order chi connectivity index (χ1) is 9.13. The molecule has 1 aromatic carbocycles. The van der Waals surface area contributed by atoms with E-state index in [0.717, 1.165) is 0 Å². The number of carbonyl (C=O) groups is 1. The summed E-state index contributed by atoms with van der Waals surface area (Å²) in [5.41, 5.74) is 0.686. The van der Waals surface area contributed by atoms with Gasteiger partial charge < -0.3 is 4.74 Å². The van der Waals surface area contributed by atoms with E-state index in [9.17, 15) is 4.79 Å². The average molecular weight is 275 g/mol. The van der Waals surface area contributed by atoms with Gasteiger partial charge in [0.05, 0.1) is 0 Å². The molecule has 1 aliphatic carbocycles. The van der Waals surface area contributed by atoms with Crippen molar-refractivity contribution in [3.05, 3.63) is 72.4 Å². The lowest BCUT2D eigenvalue weighted by molar-refractivity contribution is 0.104. The quantitative estimate of drug-likeness (QED) is 0.362. The molecule has 0 amide bonds. The van der Waals surface area contributed by atoms with Crippen LogP contribution in [0.5, 0.6) is 0 Å². The van der Waals surface area contributed by atoms with Gasteiger partial charge in [-0.15, -0.1) is 0 Å². The molecule has 0 saturated carbocycles. The van der Waals surface area contributed by atoms with E-state index in [-0.39, 0.29) is 11.7 Å². The molecular formula is C16H15ClO2. The second kappa shape index (κ2) is 6.00. The highest BCUT2D eigenvalue weighted by Gasteiger charge is 2.22. The maximum absolute atomic E-state index is 11.9. The van der Waals surface area contributed by atoms with Gasteiger partial charge in [-0.1, -0.05) is 60.2 Å². The van der Waals surface area contributed by atoms with Crippen LogP contribution in [0, 0.1) is 5.92 Å². The second-order valence-electron chi connectivity index (χ2n) is 4.29. The molecular weight excluding hydrogens is 260 g/mol. The molecule has 0 saturated heterocycles. The van der Waals surface area contributed by atoms with Crippen LogP contribution in [0.15, 0.2) is 66.8 Å². The Morgan fingerprint density at radius 1 is 1.26 bits per heavy atom.